The molecule has 2 N–H and O–H groups in total. The van der Waals surface area contributed by atoms with Gasteiger partial charge < -0.3 is 10.6 Å². The molecule has 1 aliphatic rings. The molecule has 0 saturated heterocycles. The molecule has 1 fully saturated rings. The fourth-order valence-corrected chi connectivity index (χ4v) is 2.69. The standard InChI is InChI=1S/C14H28N2O/c1-11(13(2,3)4)16(5)12(17)14(10-15)8-6-7-9-14/h11H,6-10,15H2,1-5H3. The third kappa shape index (κ3) is 2.82. The van der Waals surface area contributed by atoms with Crippen LogP contribution in [0.15, 0.2) is 0 Å². The van der Waals surface area contributed by atoms with Gasteiger partial charge in [-0.25, -0.2) is 0 Å². The fraction of sp³-hybridized carbons (Fsp3) is 0.929. The van der Waals surface area contributed by atoms with Gasteiger partial charge >= 0.3 is 0 Å². The molecule has 0 radical (unpaired) electrons. The Morgan fingerprint density at radius 3 is 2.18 bits per heavy atom. The minimum atomic E-state index is -0.270. The topological polar surface area (TPSA) is 46.3 Å². The number of rotatable bonds is 3. The van der Waals surface area contributed by atoms with Gasteiger partial charge in [0.05, 0.1) is 5.41 Å². The van der Waals surface area contributed by atoms with Crippen LogP contribution in [0.1, 0.15) is 53.4 Å². The van der Waals surface area contributed by atoms with Crippen LogP contribution in [0.2, 0.25) is 0 Å². The third-order valence-electron chi connectivity index (χ3n) is 4.56. The van der Waals surface area contributed by atoms with Crippen LogP contribution < -0.4 is 5.73 Å². The van der Waals surface area contributed by atoms with E-state index in [1.54, 1.807) is 0 Å². The zero-order valence-electron chi connectivity index (χ0n) is 12.0. The van der Waals surface area contributed by atoms with E-state index < -0.39 is 0 Å². The predicted molar refractivity (Wildman–Crippen MR) is 71.6 cm³/mol. The van der Waals surface area contributed by atoms with Gasteiger partial charge in [-0.3, -0.25) is 4.79 Å². The summed E-state index contributed by atoms with van der Waals surface area (Å²) in [6.45, 7) is 9.13. The lowest BCUT2D eigenvalue weighted by Gasteiger charge is -2.40. The molecule has 1 rings (SSSR count). The second-order valence-electron chi connectivity index (χ2n) is 6.65. The maximum Gasteiger partial charge on any atom is 0.230 e. The SMILES string of the molecule is CC(N(C)C(=O)C1(CN)CCCC1)C(C)(C)C. The molecule has 0 bridgehead atoms. The lowest BCUT2D eigenvalue weighted by Crippen LogP contribution is -2.51. The second kappa shape index (κ2) is 4.97. The Labute approximate surface area is 106 Å². The number of hydrogen-bond donors (Lipinski definition) is 1. The summed E-state index contributed by atoms with van der Waals surface area (Å²) in [6.07, 6.45) is 4.20. The van der Waals surface area contributed by atoms with Crippen molar-refractivity contribution >= 4 is 5.91 Å². The van der Waals surface area contributed by atoms with Crippen LogP contribution in [0.4, 0.5) is 0 Å². The molecule has 0 aromatic rings. The first-order valence-electron chi connectivity index (χ1n) is 6.72. The molecule has 0 spiro atoms. The van der Waals surface area contributed by atoms with Crippen molar-refractivity contribution in [2.24, 2.45) is 16.6 Å². The molecule has 0 aromatic heterocycles. The number of carbonyl (C=O) groups excluding carboxylic acids is 1. The summed E-state index contributed by atoms with van der Waals surface area (Å²) >= 11 is 0. The highest BCUT2D eigenvalue weighted by molar-refractivity contribution is 5.83. The molecule has 1 amide bonds. The minimum Gasteiger partial charge on any atom is -0.342 e. The van der Waals surface area contributed by atoms with Gasteiger partial charge in [0.15, 0.2) is 0 Å². The summed E-state index contributed by atoms with van der Waals surface area (Å²) in [4.78, 5) is 14.5. The van der Waals surface area contributed by atoms with Crippen LogP contribution in [0, 0.1) is 10.8 Å². The predicted octanol–water partition coefficient (Wildman–Crippen LogP) is 2.40. The molecule has 1 atom stereocenters. The summed E-state index contributed by atoms with van der Waals surface area (Å²) in [5.74, 6) is 0.250. The highest BCUT2D eigenvalue weighted by Gasteiger charge is 2.43. The number of nitrogens with zero attached hydrogens (tertiary/aromatic N) is 1. The largest absolute Gasteiger partial charge is 0.342 e. The molecular formula is C14H28N2O. The van der Waals surface area contributed by atoms with Gasteiger partial charge in [0, 0.05) is 19.6 Å². The van der Waals surface area contributed by atoms with Gasteiger partial charge in [-0.1, -0.05) is 33.6 Å². The lowest BCUT2D eigenvalue weighted by molar-refractivity contribution is -0.144. The van der Waals surface area contributed by atoms with Gasteiger partial charge in [-0.15, -0.1) is 0 Å². The van der Waals surface area contributed by atoms with Crippen LogP contribution in [-0.2, 0) is 4.79 Å². The summed E-state index contributed by atoms with van der Waals surface area (Å²) in [5.41, 5.74) is 5.71. The number of amides is 1. The van der Waals surface area contributed by atoms with Crippen LogP contribution in [0.25, 0.3) is 0 Å². The Hall–Kier alpha value is -0.570. The maximum absolute atomic E-state index is 12.6. The van der Waals surface area contributed by atoms with E-state index in [9.17, 15) is 4.79 Å². The van der Waals surface area contributed by atoms with Crippen LogP contribution in [-0.4, -0.2) is 30.4 Å². The van der Waals surface area contributed by atoms with E-state index in [1.165, 1.54) is 0 Å². The van der Waals surface area contributed by atoms with E-state index in [0.717, 1.165) is 25.7 Å². The number of hydrogen-bond acceptors (Lipinski definition) is 2. The summed E-state index contributed by atoms with van der Waals surface area (Å²) in [7, 11) is 1.92. The first kappa shape index (κ1) is 14.5. The van der Waals surface area contributed by atoms with Crippen LogP contribution in [0.3, 0.4) is 0 Å². The normalized spacial score (nSPS) is 21.3. The van der Waals surface area contributed by atoms with Gasteiger partial charge in [-0.05, 0) is 25.2 Å². The van der Waals surface area contributed by atoms with Crippen LogP contribution >= 0.6 is 0 Å². The van der Waals surface area contributed by atoms with Crippen molar-refractivity contribution in [3.8, 4) is 0 Å². The molecule has 0 heterocycles. The minimum absolute atomic E-state index is 0.110. The monoisotopic (exact) mass is 240 g/mol. The Balaban J connectivity index is 2.82. The summed E-state index contributed by atoms with van der Waals surface area (Å²) in [5, 5.41) is 0. The fourth-order valence-electron chi connectivity index (χ4n) is 2.69. The molecule has 100 valence electrons. The molecule has 0 aromatic carbocycles. The van der Waals surface area contributed by atoms with E-state index in [2.05, 4.69) is 27.7 Å². The van der Waals surface area contributed by atoms with E-state index >= 15 is 0 Å². The summed E-state index contributed by atoms with van der Waals surface area (Å²) < 4.78 is 0. The van der Waals surface area contributed by atoms with E-state index in [0.29, 0.717) is 6.54 Å². The van der Waals surface area contributed by atoms with Crippen molar-refractivity contribution in [2.75, 3.05) is 13.6 Å². The Kier molecular flexibility index (Phi) is 4.23. The molecule has 3 nitrogen and oxygen atoms in total. The molecular weight excluding hydrogens is 212 g/mol. The molecule has 17 heavy (non-hydrogen) atoms. The van der Waals surface area contributed by atoms with E-state index in [4.69, 9.17) is 5.73 Å². The average molecular weight is 240 g/mol. The highest BCUT2D eigenvalue weighted by atomic mass is 16.2. The molecule has 3 heteroatoms. The zero-order valence-corrected chi connectivity index (χ0v) is 12.0. The van der Waals surface area contributed by atoms with Crippen molar-refractivity contribution in [3.05, 3.63) is 0 Å². The second-order valence-corrected chi connectivity index (χ2v) is 6.65. The quantitative estimate of drug-likeness (QED) is 0.823. The van der Waals surface area contributed by atoms with Crippen molar-refractivity contribution < 1.29 is 4.79 Å². The Bertz CT molecular complexity index is 274. The van der Waals surface area contributed by atoms with Crippen molar-refractivity contribution in [1.82, 2.24) is 4.90 Å². The molecule has 0 aliphatic heterocycles. The Morgan fingerprint density at radius 2 is 1.82 bits per heavy atom. The smallest absolute Gasteiger partial charge is 0.230 e. The number of carbonyl (C=O) groups is 1. The van der Waals surface area contributed by atoms with Gasteiger partial charge in [0.2, 0.25) is 5.91 Å². The summed E-state index contributed by atoms with van der Waals surface area (Å²) in [6, 6.07) is 0.235. The maximum atomic E-state index is 12.6. The van der Waals surface area contributed by atoms with E-state index in [1.807, 2.05) is 11.9 Å². The van der Waals surface area contributed by atoms with Crippen molar-refractivity contribution in [2.45, 2.75) is 59.4 Å². The van der Waals surface area contributed by atoms with Crippen molar-refractivity contribution in [1.29, 1.82) is 0 Å². The molecule has 1 saturated carbocycles. The highest BCUT2D eigenvalue weighted by Crippen LogP contribution is 2.39. The van der Waals surface area contributed by atoms with E-state index in [-0.39, 0.29) is 22.8 Å². The third-order valence-corrected chi connectivity index (χ3v) is 4.56. The first-order valence-corrected chi connectivity index (χ1v) is 6.72. The van der Waals surface area contributed by atoms with Crippen molar-refractivity contribution in [3.63, 3.8) is 0 Å². The first-order chi connectivity index (χ1) is 7.74. The van der Waals surface area contributed by atoms with Crippen LogP contribution in [0.5, 0.6) is 0 Å². The Morgan fingerprint density at radius 1 is 1.35 bits per heavy atom. The van der Waals surface area contributed by atoms with Gasteiger partial charge in [-0.2, -0.15) is 0 Å². The molecule has 1 unspecified atom stereocenters. The molecule has 1 aliphatic carbocycles. The van der Waals surface area contributed by atoms with Gasteiger partial charge in [0.25, 0.3) is 0 Å². The van der Waals surface area contributed by atoms with Gasteiger partial charge in [0.1, 0.15) is 0 Å². The number of nitrogens with two attached hydrogens (primary N) is 1. The average Bonchev–Trinajstić information content (AvgIpc) is 2.74. The lowest BCUT2D eigenvalue weighted by atomic mass is 9.81. The zero-order chi connectivity index (χ0) is 13.3.